The van der Waals surface area contributed by atoms with E-state index in [0.717, 1.165) is 18.5 Å². The van der Waals surface area contributed by atoms with Gasteiger partial charge < -0.3 is 5.32 Å². The van der Waals surface area contributed by atoms with Crippen LogP contribution in [0.15, 0.2) is 35.8 Å². The van der Waals surface area contributed by atoms with E-state index in [9.17, 15) is 0 Å². The molecule has 0 saturated carbocycles. The van der Waals surface area contributed by atoms with Gasteiger partial charge in [-0.2, -0.15) is 5.26 Å². The summed E-state index contributed by atoms with van der Waals surface area (Å²) in [7, 11) is 0. The average molecular weight is 257 g/mol. The van der Waals surface area contributed by atoms with Gasteiger partial charge in [-0.3, -0.25) is 0 Å². The van der Waals surface area contributed by atoms with Gasteiger partial charge in [0.15, 0.2) is 0 Å². The molecule has 0 spiro atoms. The summed E-state index contributed by atoms with van der Waals surface area (Å²) in [5.41, 5.74) is 1.57. The van der Waals surface area contributed by atoms with Crippen LogP contribution >= 0.6 is 11.3 Å². The van der Waals surface area contributed by atoms with E-state index in [1.54, 1.807) is 17.5 Å². The SMILES string of the molecule is CC(Cc1cccs1)NCc1ccnc(C#N)c1. The Hall–Kier alpha value is -1.70. The van der Waals surface area contributed by atoms with Crippen molar-refractivity contribution >= 4 is 11.3 Å². The van der Waals surface area contributed by atoms with Crippen molar-refractivity contribution in [2.45, 2.75) is 25.9 Å². The number of hydrogen-bond donors (Lipinski definition) is 1. The van der Waals surface area contributed by atoms with Crippen molar-refractivity contribution in [1.29, 1.82) is 5.26 Å². The Balaban J connectivity index is 1.85. The Bertz CT molecular complexity index is 528. The van der Waals surface area contributed by atoms with Crippen molar-refractivity contribution in [3.05, 3.63) is 52.0 Å². The van der Waals surface area contributed by atoms with E-state index in [-0.39, 0.29) is 0 Å². The van der Waals surface area contributed by atoms with Crippen molar-refractivity contribution < 1.29 is 0 Å². The van der Waals surface area contributed by atoms with Gasteiger partial charge in [0.2, 0.25) is 0 Å². The Kier molecular flexibility index (Phi) is 4.46. The van der Waals surface area contributed by atoms with Crippen LogP contribution in [0.25, 0.3) is 0 Å². The normalized spacial score (nSPS) is 12.0. The third-order valence-corrected chi connectivity index (χ3v) is 3.58. The first-order valence-electron chi connectivity index (χ1n) is 5.88. The average Bonchev–Trinajstić information content (AvgIpc) is 2.89. The second kappa shape index (κ2) is 6.29. The highest BCUT2D eigenvalue weighted by Crippen LogP contribution is 2.11. The fraction of sp³-hybridized carbons (Fsp3) is 0.286. The molecule has 0 aliphatic carbocycles. The monoisotopic (exact) mass is 257 g/mol. The van der Waals surface area contributed by atoms with Crippen LogP contribution in [-0.2, 0) is 13.0 Å². The van der Waals surface area contributed by atoms with Gasteiger partial charge in [-0.1, -0.05) is 6.07 Å². The molecule has 0 aromatic carbocycles. The van der Waals surface area contributed by atoms with Crippen molar-refractivity contribution in [3.8, 4) is 6.07 Å². The summed E-state index contributed by atoms with van der Waals surface area (Å²) in [6.45, 7) is 2.94. The lowest BCUT2D eigenvalue weighted by molar-refractivity contribution is 0.548. The maximum atomic E-state index is 8.78. The molecule has 4 heteroatoms. The van der Waals surface area contributed by atoms with Gasteiger partial charge in [0, 0.05) is 23.7 Å². The van der Waals surface area contributed by atoms with Gasteiger partial charge in [-0.05, 0) is 42.5 Å². The zero-order chi connectivity index (χ0) is 12.8. The Labute approximate surface area is 111 Å². The molecular weight excluding hydrogens is 242 g/mol. The number of nitriles is 1. The topological polar surface area (TPSA) is 48.7 Å². The molecule has 0 fully saturated rings. The van der Waals surface area contributed by atoms with E-state index in [1.807, 2.05) is 12.1 Å². The van der Waals surface area contributed by atoms with Crippen LogP contribution in [-0.4, -0.2) is 11.0 Å². The number of pyridine rings is 1. The first-order valence-corrected chi connectivity index (χ1v) is 6.76. The molecule has 0 saturated heterocycles. The maximum absolute atomic E-state index is 8.78. The third-order valence-electron chi connectivity index (χ3n) is 2.68. The predicted molar refractivity (Wildman–Crippen MR) is 73.3 cm³/mol. The van der Waals surface area contributed by atoms with Crippen LogP contribution in [0.2, 0.25) is 0 Å². The van der Waals surface area contributed by atoms with Crippen molar-refractivity contribution in [2.24, 2.45) is 0 Å². The quantitative estimate of drug-likeness (QED) is 0.896. The molecular formula is C14H15N3S. The van der Waals surface area contributed by atoms with Crippen molar-refractivity contribution in [1.82, 2.24) is 10.3 Å². The molecule has 0 amide bonds. The molecule has 2 rings (SSSR count). The molecule has 1 unspecified atom stereocenters. The lowest BCUT2D eigenvalue weighted by Crippen LogP contribution is -2.27. The molecule has 0 radical (unpaired) electrons. The van der Waals surface area contributed by atoms with E-state index < -0.39 is 0 Å². The van der Waals surface area contributed by atoms with E-state index in [2.05, 4.69) is 40.8 Å². The first kappa shape index (κ1) is 12.7. The minimum absolute atomic E-state index is 0.419. The number of nitrogens with zero attached hydrogens (tertiary/aromatic N) is 2. The lowest BCUT2D eigenvalue weighted by Gasteiger charge is -2.12. The fourth-order valence-electron chi connectivity index (χ4n) is 1.74. The molecule has 2 heterocycles. The van der Waals surface area contributed by atoms with Crippen LogP contribution in [0.5, 0.6) is 0 Å². The maximum Gasteiger partial charge on any atom is 0.140 e. The van der Waals surface area contributed by atoms with E-state index in [1.165, 1.54) is 4.88 Å². The summed E-state index contributed by atoms with van der Waals surface area (Å²) >= 11 is 1.79. The van der Waals surface area contributed by atoms with E-state index in [4.69, 9.17) is 5.26 Å². The van der Waals surface area contributed by atoms with Gasteiger partial charge in [-0.15, -0.1) is 11.3 Å². The van der Waals surface area contributed by atoms with Crippen LogP contribution in [0.3, 0.4) is 0 Å². The molecule has 0 aliphatic heterocycles. The molecule has 0 bridgehead atoms. The minimum Gasteiger partial charge on any atom is -0.310 e. The Morgan fingerprint density at radius 1 is 1.50 bits per heavy atom. The van der Waals surface area contributed by atoms with Gasteiger partial charge in [0.1, 0.15) is 11.8 Å². The molecule has 92 valence electrons. The van der Waals surface area contributed by atoms with E-state index in [0.29, 0.717) is 11.7 Å². The summed E-state index contributed by atoms with van der Waals surface area (Å²) in [5.74, 6) is 0. The number of nitrogens with one attached hydrogen (secondary N) is 1. The zero-order valence-corrected chi connectivity index (χ0v) is 11.1. The first-order chi connectivity index (χ1) is 8.78. The second-order valence-corrected chi connectivity index (χ2v) is 5.26. The summed E-state index contributed by atoms with van der Waals surface area (Å²) in [4.78, 5) is 5.35. The molecule has 2 aromatic rings. The van der Waals surface area contributed by atoms with Crippen molar-refractivity contribution in [2.75, 3.05) is 0 Å². The Morgan fingerprint density at radius 2 is 2.39 bits per heavy atom. The van der Waals surface area contributed by atoms with E-state index >= 15 is 0 Å². The third kappa shape index (κ3) is 3.66. The molecule has 2 aromatic heterocycles. The number of thiophene rings is 1. The molecule has 1 N–H and O–H groups in total. The van der Waals surface area contributed by atoms with Gasteiger partial charge in [0.25, 0.3) is 0 Å². The molecule has 0 aliphatic rings. The molecule has 18 heavy (non-hydrogen) atoms. The minimum atomic E-state index is 0.419. The predicted octanol–water partition coefficient (Wildman–Crippen LogP) is 2.74. The second-order valence-electron chi connectivity index (χ2n) is 4.23. The van der Waals surface area contributed by atoms with Gasteiger partial charge in [0.05, 0.1) is 0 Å². The smallest absolute Gasteiger partial charge is 0.140 e. The molecule has 3 nitrogen and oxygen atoms in total. The van der Waals surface area contributed by atoms with Crippen molar-refractivity contribution in [3.63, 3.8) is 0 Å². The van der Waals surface area contributed by atoms with Crippen LogP contribution in [0.4, 0.5) is 0 Å². The largest absolute Gasteiger partial charge is 0.310 e. The highest BCUT2D eigenvalue weighted by Gasteiger charge is 2.04. The summed E-state index contributed by atoms with van der Waals surface area (Å²) < 4.78 is 0. The summed E-state index contributed by atoms with van der Waals surface area (Å²) in [6.07, 6.45) is 2.72. The van der Waals surface area contributed by atoms with Crippen LogP contribution < -0.4 is 5.32 Å². The number of hydrogen-bond acceptors (Lipinski definition) is 4. The van der Waals surface area contributed by atoms with Gasteiger partial charge in [-0.25, -0.2) is 4.98 Å². The zero-order valence-electron chi connectivity index (χ0n) is 10.3. The summed E-state index contributed by atoms with van der Waals surface area (Å²) in [6, 6.07) is 10.5. The number of aromatic nitrogens is 1. The van der Waals surface area contributed by atoms with Crippen LogP contribution in [0, 0.1) is 11.3 Å². The highest BCUT2D eigenvalue weighted by molar-refractivity contribution is 7.09. The number of rotatable bonds is 5. The standard InChI is InChI=1S/C14H15N3S/c1-11(7-14-3-2-6-18-14)17-10-12-4-5-16-13(8-12)9-15/h2-6,8,11,17H,7,10H2,1H3. The summed E-state index contributed by atoms with van der Waals surface area (Å²) in [5, 5.41) is 14.3. The lowest BCUT2D eigenvalue weighted by atomic mass is 10.2. The van der Waals surface area contributed by atoms with Gasteiger partial charge >= 0.3 is 0 Å². The fourth-order valence-corrected chi connectivity index (χ4v) is 2.58. The Morgan fingerprint density at radius 3 is 3.11 bits per heavy atom. The van der Waals surface area contributed by atoms with Crippen LogP contribution in [0.1, 0.15) is 23.1 Å². The molecule has 1 atom stereocenters. The highest BCUT2D eigenvalue weighted by atomic mass is 32.1.